The third-order valence-electron chi connectivity index (χ3n) is 3.45. The minimum absolute atomic E-state index is 0.133. The van der Waals surface area contributed by atoms with Gasteiger partial charge in [0.05, 0.1) is 16.8 Å². The number of nitrogens with zero attached hydrogens (tertiary/aromatic N) is 2. The zero-order chi connectivity index (χ0) is 18.6. The van der Waals surface area contributed by atoms with Crippen LogP contribution in [0.15, 0.2) is 72.3 Å². The molecule has 0 saturated carbocycles. The Morgan fingerprint density at radius 3 is 2.42 bits per heavy atom. The Balaban J connectivity index is 1.88. The Morgan fingerprint density at radius 1 is 1.04 bits per heavy atom. The molecule has 8 heteroatoms. The van der Waals surface area contributed by atoms with Crippen LogP contribution in [0.1, 0.15) is 16.1 Å². The molecule has 0 atom stereocenters. The zero-order valence-electron chi connectivity index (χ0n) is 13.5. The molecule has 1 heterocycles. The maximum absolute atomic E-state index is 12.3. The molecule has 3 aromatic rings. The normalized spacial score (nSPS) is 11.5. The van der Waals surface area contributed by atoms with Gasteiger partial charge in [-0.3, -0.25) is 4.72 Å². The highest BCUT2D eigenvalue weighted by Gasteiger charge is 2.13. The van der Waals surface area contributed by atoms with Crippen molar-refractivity contribution in [1.82, 2.24) is 9.78 Å². The molecule has 0 fully saturated rings. The number of hydrogen-bond acceptors (Lipinski definition) is 4. The van der Waals surface area contributed by atoms with Gasteiger partial charge in [-0.2, -0.15) is 5.10 Å². The van der Waals surface area contributed by atoms with E-state index in [9.17, 15) is 13.2 Å². The first-order chi connectivity index (χ1) is 12.4. The summed E-state index contributed by atoms with van der Waals surface area (Å²) >= 11 is 0. The van der Waals surface area contributed by atoms with Crippen LogP contribution in [-0.4, -0.2) is 29.3 Å². The molecule has 1 aromatic heterocycles. The van der Waals surface area contributed by atoms with E-state index in [1.807, 2.05) is 18.2 Å². The second-order valence-corrected chi connectivity index (χ2v) is 6.89. The summed E-state index contributed by atoms with van der Waals surface area (Å²) in [6.07, 6.45) is 2.94. The molecule has 2 N–H and O–H groups in total. The molecule has 2 aromatic carbocycles. The topological polar surface area (TPSA) is 101 Å². The van der Waals surface area contributed by atoms with E-state index in [0.29, 0.717) is 5.69 Å². The highest BCUT2D eigenvalue weighted by molar-refractivity contribution is 7.95. The first kappa shape index (κ1) is 17.4. The van der Waals surface area contributed by atoms with Gasteiger partial charge < -0.3 is 5.11 Å². The molecule has 3 rings (SSSR count). The maximum atomic E-state index is 12.3. The minimum atomic E-state index is -3.76. The molecule has 0 unspecified atom stereocenters. The van der Waals surface area contributed by atoms with E-state index in [1.165, 1.54) is 23.0 Å². The number of sulfonamides is 1. The highest BCUT2D eigenvalue weighted by Crippen LogP contribution is 2.21. The summed E-state index contributed by atoms with van der Waals surface area (Å²) in [5.41, 5.74) is 1.32. The summed E-state index contributed by atoms with van der Waals surface area (Å²) in [4.78, 5) is 11.0. The van der Waals surface area contributed by atoms with Crippen LogP contribution in [0.4, 0.5) is 5.69 Å². The van der Waals surface area contributed by atoms with Gasteiger partial charge in [0.2, 0.25) is 0 Å². The van der Waals surface area contributed by atoms with Crippen molar-refractivity contribution in [3.8, 4) is 5.69 Å². The number of carboxylic acids is 1. The third kappa shape index (κ3) is 4.17. The summed E-state index contributed by atoms with van der Waals surface area (Å²) in [5.74, 6) is -1.16. The number of carboxylic acid groups (broad SMARTS) is 1. The van der Waals surface area contributed by atoms with Crippen molar-refractivity contribution < 1.29 is 18.3 Å². The first-order valence-corrected chi connectivity index (χ1v) is 9.13. The number of aromatic carboxylic acids is 1. The SMILES string of the molecule is O=C(O)c1ccn(-c2ccccc2NS(=O)(=O)C=Cc2ccccc2)n1. The highest BCUT2D eigenvalue weighted by atomic mass is 32.2. The van der Waals surface area contributed by atoms with Crippen LogP contribution >= 0.6 is 0 Å². The van der Waals surface area contributed by atoms with Crippen LogP contribution in [0.3, 0.4) is 0 Å². The quantitative estimate of drug-likeness (QED) is 0.695. The number of anilines is 1. The van der Waals surface area contributed by atoms with E-state index in [1.54, 1.807) is 36.4 Å². The zero-order valence-corrected chi connectivity index (χ0v) is 14.3. The van der Waals surface area contributed by atoms with E-state index in [4.69, 9.17) is 5.11 Å². The Kier molecular flexibility index (Phi) is 4.85. The molecule has 26 heavy (non-hydrogen) atoms. The number of hydrogen-bond donors (Lipinski definition) is 2. The lowest BCUT2D eigenvalue weighted by Gasteiger charge is -2.10. The fourth-order valence-corrected chi connectivity index (χ4v) is 3.13. The van der Waals surface area contributed by atoms with Gasteiger partial charge in [0.15, 0.2) is 5.69 Å². The van der Waals surface area contributed by atoms with Gasteiger partial charge in [0.25, 0.3) is 10.0 Å². The predicted molar refractivity (Wildman–Crippen MR) is 98.5 cm³/mol. The van der Waals surface area contributed by atoms with E-state index >= 15 is 0 Å². The summed E-state index contributed by atoms with van der Waals surface area (Å²) in [5, 5.41) is 14.0. The van der Waals surface area contributed by atoms with Crippen LogP contribution in [0.25, 0.3) is 11.8 Å². The second-order valence-electron chi connectivity index (χ2n) is 5.33. The second kappa shape index (κ2) is 7.24. The van der Waals surface area contributed by atoms with E-state index < -0.39 is 16.0 Å². The standard InChI is InChI=1S/C18H15N3O4S/c22-18(23)16-10-12-21(19-16)17-9-5-4-8-15(17)20-26(24,25)13-11-14-6-2-1-3-7-14/h1-13,20H,(H,22,23). The molecule has 0 aliphatic carbocycles. The number of carbonyl (C=O) groups is 1. The van der Waals surface area contributed by atoms with Crippen molar-refractivity contribution in [3.05, 3.63) is 83.5 Å². The molecule has 7 nitrogen and oxygen atoms in total. The van der Waals surface area contributed by atoms with Gasteiger partial charge in [-0.1, -0.05) is 42.5 Å². The van der Waals surface area contributed by atoms with Crippen molar-refractivity contribution in [2.75, 3.05) is 4.72 Å². The molecule has 0 bridgehead atoms. The van der Waals surface area contributed by atoms with Crippen LogP contribution in [0.5, 0.6) is 0 Å². The average molecular weight is 369 g/mol. The Morgan fingerprint density at radius 2 is 1.73 bits per heavy atom. The van der Waals surface area contributed by atoms with Gasteiger partial charge in [-0.05, 0) is 29.8 Å². The van der Waals surface area contributed by atoms with Gasteiger partial charge in [0, 0.05) is 6.20 Å². The third-order valence-corrected chi connectivity index (χ3v) is 4.45. The maximum Gasteiger partial charge on any atom is 0.356 e. The van der Waals surface area contributed by atoms with Crippen LogP contribution in [-0.2, 0) is 10.0 Å². The van der Waals surface area contributed by atoms with Crippen LogP contribution in [0, 0.1) is 0 Å². The molecule has 0 aliphatic heterocycles. The smallest absolute Gasteiger partial charge is 0.356 e. The predicted octanol–water partition coefficient (Wildman–Crippen LogP) is 2.98. The number of nitrogens with one attached hydrogen (secondary N) is 1. The molecular formula is C18H15N3O4S. The number of para-hydroxylation sites is 2. The first-order valence-electron chi connectivity index (χ1n) is 7.59. The van der Waals surface area contributed by atoms with Crippen LogP contribution in [0.2, 0.25) is 0 Å². The van der Waals surface area contributed by atoms with E-state index in [2.05, 4.69) is 9.82 Å². The summed E-state index contributed by atoms with van der Waals surface area (Å²) in [6, 6.07) is 17.0. The van der Waals surface area contributed by atoms with Gasteiger partial charge >= 0.3 is 5.97 Å². The van der Waals surface area contributed by atoms with Crippen molar-refractivity contribution in [1.29, 1.82) is 0 Å². The lowest BCUT2D eigenvalue weighted by molar-refractivity contribution is 0.0690. The summed E-state index contributed by atoms with van der Waals surface area (Å²) < 4.78 is 28.5. The minimum Gasteiger partial charge on any atom is -0.476 e. The van der Waals surface area contributed by atoms with E-state index in [0.717, 1.165) is 11.0 Å². The summed E-state index contributed by atoms with van der Waals surface area (Å²) in [7, 11) is -3.76. The van der Waals surface area contributed by atoms with Crippen molar-refractivity contribution in [3.63, 3.8) is 0 Å². The molecule has 0 spiro atoms. The van der Waals surface area contributed by atoms with Gasteiger partial charge in [-0.15, -0.1) is 0 Å². The van der Waals surface area contributed by atoms with E-state index in [-0.39, 0.29) is 11.4 Å². The molecule has 0 amide bonds. The van der Waals surface area contributed by atoms with Crippen molar-refractivity contribution >= 4 is 27.8 Å². The molecular weight excluding hydrogens is 354 g/mol. The Labute approximate surface area is 150 Å². The monoisotopic (exact) mass is 369 g/mol. The van der Waals surface area contributed by atoms with Crippen LogP contribution < -0.4 is 4.72 Å². The molecule has 0 saturated heterocycles. The Hall–Kier alpha value is -3.39. The number of rotatable bonds is 6. The lowest BCUT2D eigenvalue weighted by Crippen LogP contribution is -2.12. The Bertz CT molecular complexity index is 1060. The summed E-state index contributed by atoms with van der Waals surface area (Å²) in [6.45, 7) is 0. The van der Waals surface area contributed by atoms with Gasteiger partial charge in [0.1, 0.15) is 0 Å². The average Bonchev–Trinajstić information content (AvgIpc) is 3.11. The lowest BCUT2D eigenvalue weighted by atomic mass is 10.2. The molecule has 132 valence electrons. The number of aromatic nitrogens is 2. The van der Waals surface area contributed by atoms with Gasteiger partial charge in [-0.25, -0.2) is 17.9 Å². The fraction of sp³-hybridized carbons (Fsp3) is 0. The molecule has 0 radical (unpaired) electrons. The van der Waals surface area contributed by atoms with Crippen molar-refractivity contribution in [2.24, 2.45) is 0 Å². The molecule has 0 aliphatic rings. The fourth-order valence-electron chi connectivity index (χ4n) is 2.25. The largest absolute Gasteiger partial charge is 0.476 e. The number of benzene rings is 2. The van der Waals surface area contributed by atoms with Crippen molar-refractivity contribution in [2.45, 2.75) is 0 Å².